The summed E-state index contributed by atoms with van der Waals surface area (Å²) in [7, 11) is 1.62. The Hall–Kier alpha value is -0.440. The first kappa shape index (κ1) is 8.56. The van der Waals surface area contributed by atoms with Gasteiger partial charge in [-0.15, -0.1) is 11.8 Å². The van der Waals surface area contributed by atoms with Crippen LogP contribution in [-0.2, 0) is 4.79 Å². The summed E-state index contributed by atoms with van der Waals surface area (Å²) in [6.07, 6.45) is 3.51. The average Bonchev–Trinajstić information content (AvgIpc) is 1.87. The number of hydrogen-bond acceptors (Lipinski definition) is 2. The van der Waals surface area contributed by atoms with Crippen LogP contribution in [0.15, 0.2) is 11.0 Å². The Kier molecular flexibility index (Phi) is 4.22. The van der Waals surface area contributed by atoms with Gasteiger partial charge in [0.05, 0.1) is 0 Å². The van der Waals surface area contributed by atoms with E-state index in [9.17, 15) is 4.79 Å². The molecule has 0 aromatic rings. The van der Waals surface area contributed by atoms with E-state index in [1.807, 2.05) is 13.2 Å². The molecule has 0 atom stereocenters. The van der Waals surface area contributed by atoms with Crippen LogP contribution in [-0.4, -0.2) is 19.2 Å². The van der Waals surface area contributed by atoms with Crippen molar-refractivity contribution in [2.45, 2.75) is 6.92 Å². The van der Waals surface area contributed by atoms with Gasteiger partial charge in [0.1, 0.15) is 0 Å². The van der Waals surface area contributed by atoms with Crippen LogP contribution in [0.2, 0.25) is 0 Å². The largest absolute Gasteiger partial charge is 0.356 e. The first-order valence-electron chi connectivity index (χ1n) is 2.64. The molecule has 1 N–H and O–H groups in total. The van der Waals surface area contributed by atoms with E-state index < -0.39 is 0 Å². The minimum absolute atomic E-state index is 0.0400. The summed E-state index contributed by atoms with van der Waals surface area (Å²) in [6.45, 7) is 1.90. The summed E-state index contributed by atoms with van der Waals surface area (Å²) in [6, 6.07) is 0. The number of thioether (sulfide) groups is 1. The lowest BCUT2D eigenvalue weighted by Gasteiger charge is -1.92. The van der Waals surface area contributed by atoms with Crippen molar-refractivity contribution in [3.8, 4) is 0 Å². The Morgan fingerprint density at radius 2 is 2.22 bits per heavy atom. The maximum atomic E-state index is 10.6. The molecule has 0 aromatic heterocycles. The van der Waals surface area contributed by atoms with Crippen molar-refractivity contribution in [3.05, 3.63) is 11.0 Å². The van der Waals surface area contributed by atoms with E-state index in [1.54, 1.807) is 24.9 Å². The molecule has 0 fully saturated rings. The highest BCUT2D eigenvalue weighted by atomic mass is 32.2. The highest BCUT2D eigenvalue weighted by molar-refractivity contribution is 8.02. The molecule has 0 saturated carbocycles. The lowest BCUT2D eigenvalue weighted by Crippen LogP contribution is -2.14. The zero-order chi connectivity index (χ0) is 7.28. The number of carbonyl (C=O) groups is 1. The van der Waals surface area contributed by atoms with Crippen LogP contribution in [0.1, 0.15) is 6.92 Å². The first-order chi connectivity index (χ1) is 4.20. The SMILES string of the molecule is CNC(=O)C=C(C)SC. The maximum absolute atomic E-state index is 10.6. The van der Waals surface area contributed by atoms with E-state index in [4.69, 9.17) is 0 Å². The molecule has 0 rings (SSSR count). The maximum Gasteiger partial charge on any atom is 0.244 e. The predicted molar refractivity (Wildman–Crippen MR) is 41.3 cm³/mol. The Morgan fingerprint density at radius 3 is 2.56 bits per heavy atom. The Bertz CT molecular complexity index is 131. The molecule has 1 amide bonds. The number of amides is 1. The van der Waals surface area contributed by atoms with Gasteiger partial charge in [-0.2, -0.15) is 0 Å². The van der Waals surface area contributed by atoms with E-state index in [-0.39, 0.29) is 5.91 Å². The van der Waals surface area contributed by atoms with E-state index in [2.05, 4.69) is 5.32 Å². The van der Waals surface area contributed by atoms with Crippen LogP contribution in [0, 0.1) is 0 Å². The third kappa shape index (κ3) is 4.09. The van der Waals surface area contributed by atoms with Gasteiger partial charge >= 0.3 is 0 Å². The van der Waals surface area contributed by atoms with Gasteiger partial charge < -0.3 is 5.32 Å². The first-order valence-corrected chi connectivity index (χ1v) is 3.87. The Balaban J connectivity index is 3.79. The average molecular weight is 145 g/mol. The molecule has 9 heavy (non-hydrogen) atoms. The van der Waals surface area contributed by atoms with Crippen LogP contribution < -0.4 is 5.32 Å². The van der Waals surface area contributed by atoms with E-state index in [0.29, 0.717) is 0 Å². The molecule has 0 bridgehead atoms. The highest BCUT2D eigenvalue weighted by Gasteiger charge is 1.90. The van der Waals surface area contributed by atoms with E-state index in [0.717, 1.165) is 4.91 Å². The highest BCUT2D eigenvalue weighted by Crippen LogP contribution is 2.07. The molecule has 3 heteroatoms. The minimum Gasteiger partial charge on any atom is -0.356 e. The monoisotopic (exact) mass is 145 g/mol. The predicted octanol–water partition coefficient (Wildman–Crippen LogP) is 0.999. The molecule has 0 aromatic carbocycles. The lowest BCUT2D eigenvalue weighted by molar-refractivity contribution is -0.116. The number of nitrogens with one attached hydrogen (secondary N) is 1. The lowest BCUT2D eigenvalue weighted by atomic mass is 10.5. The molecule has 0 aliphatic rings. The molecular weight excluding hydrogens is 134 g/mol. The molecule has 0 unspecified atom stereocenters. The van der Waals surface area contributed by atoms with Crippen LogP contribution in [0.25, 0.3) is 0 Å². The third-order valence-electron chi connectivity index (χ3n) is 0.903. The second-order valence-corrected chi connectivity index (χ2v) is 2.63. The van der Waals surface area contributed by atoms with E-state index >= 15 is 0 Å². The van der Waals surface area contributed by atoms with Gasteiger partial charge in [0.15, 0.2) is 0 Å². The molecule has 0 saturated heterocycles. The second-order valence-electron chi connectivity index (χ2n) is 1.57. The molecule has 0 aliphatic carbocycles. The topological polar surface area (TPSA) is 29.1 Å². The smallest absolute Gasteiger partial charge is 0.244 e. The summed E-state index contributed by atoms with van der Waals surface area (Å²) in [4.78, 5) is 11.6. The summed E-state index contributed by atoms with van der Waals surface area (Å²) < 4.78 is 0. The Morgan fingerprint density at radius 1 is 1.67 bits per heavy atom. The molecule has 52 valence electrons. The van der Waals surface area contributed by atoms with Crippen molar-refractivity contribution in [3.63, 3.8) is 0 Å². The molecule has 0 heterocycles. The van der Waals surface area contributed by atoms with Gasteiger partial charge in [-0.05, 0) is 18.1 Å². The zero-order valence-corrected chi connectivity index (χ0v) is 6.71. The molecule has 0 spiro atoms. The quantitative estimate of drug-likeness (QED) is 0.587. The molecule has 0 radical (unpaired) electrons. The molecule has 0 aliphatic heterocycles. The fraction of sp³-hybridized carbons (Fsp3) is 0.500. The standard InChI is InChI=1S/C6H11NOS/c1-5(9-3)4-6(8)7-2/h4H,1-3H3,(H,7,8). The van der Waals surface area contributed by atoms with Crippen molar-refractivity contribution in [2.24, 2.45) is 0 Å². The van der Waals surface area contributed by atoms with Crippen molar-refractivity contribution in [1.82, 2.24) is 5.32 Å². The summed E-state index contributed by atoms with van der Waals surface area (Å²) >= 11 is 1.57. The van der Waals surface area contributed by atoms with Crippen molar-refractivity contribution >= 4 is 17.7 Å². The van der Waals surface area contributed by atoms with Gasteiger partial charge in [0.25, 0.3) is 0 Å². The van der Waals surface area contributed by atoms with Crippen LogP contribution in [0.4, 0.5) is 0 Å². The van der Waals surface area contributed by atoms with E-state index in [1.165, 1.54) is 0 Å². The van der Waals surface area contributed by atoms with Gasteiger partial charge in [-0.3, -0.25) is 4.79 Å². The number of rotatable bonds is 2. The zero-order valence-electron chi connectivity index (χ0n) is 5.89. The summed E-state index contributed by atoms with van der Waals surface area (Å²) in [5.41, 5.74) is 0. The second kappa shape index (κ2) is 4.44. The fourth-order valence-electron chi connectivity index (χ4n) is 0.316. The molecule has 2 nitrogen and oxygen atoms in total. The van der Waals surface area contributed by atoms with Crippen LogP contribution in [0.3, 0.4) is 0 Å². The van der Waals surface area contributed by atoms with Gasteiger partial charge in [0, 0.05) is 13.1 Å². The number of hydrogen-bond donors (Lipinski definition) is 1. The normalized spacial score (nSPS) is 11.2. The van der Waals surface area contributed by atoms with Crippen LogP contribution in [0.5, 0.6) is 0 Å². The van der Waals surface area contributed by atoms with Crippen LogP contribution >= 0.6 is 11.8 Å². The summed E-state index contributed by atoms with van der Waals surface area (Å²) in [5, 5.41) is 2.50. The third-order valence-corrected chi connectivity index (χ3v) is 1.66. The van der Waals surface area contributed by atoms with Crippen molar-refractivity contribution in [2.75, 3.05) is 13.3 Å². The fourth-order valence-corrected chi connectivity index (χ4v) is 0.541. The Labute approximate surface area is 59.7 Å². The number of likely N-dealkylation sites (N-methyl/N-ethyl adjacent to an activating group) is 1. The van der Waals surface area contributed by atoms with Gasteiger partial charge in [0.2, 0.25) is 5.91 Å². The van der Waals surface area contributed by atoms with Crippen molar-refractivity contribution in [1.29, 1.82) is 0 Å². The number of carbonyl (C=O) groups excluding carboxylic acids is 1. The van der Waals surface area contributed by atoms with Gasteiger partial charge in [-0.1, -0.05) is 0 Å². The molecular formula is C6H11NOS. The number of allylic oxidation sites excluding steroid dienone is 1. The summed E-state index contributed by atoms with van der Waals surface area (Å²) in [5.74, 6) is -0.0400. The van der Waals surface area contributed by atoms with Crippen molar-refractivity contribution < 1.29 is 4.79 Å². The minimum atomic E-state index is -0.0400. The van der Waals surface area contributed by atoms with Gasteiger partial charge in [-0.25, -0.2) is 0 Å².